The molecule has 1 saturated carbocycles. The fraction of sp³-hybridized carbons (Fsp3) is 0.484. The molecule has 1 saturated heterocycles. The van der Waals surface area contributed by atoms with Gasteiger partial charge in [0.2, 0.25) is 0 Å². The molecule has 3 N–H and O–H groups in total. The van der Waals surface area contributed by atoms with Gasteiger partial charge in [-0.15, -0.1) is 0 Å². The third-order valence-corrected chi connectivity index (χ3v) is 8.04. The summed E-state index contributed by atoms with van der Waals surface area (Å²) in [5.41, 5.74) is 2.62. The number of aliphatic hydroxyl groups is 1. The topological polar surface area (TPSA) is 86.6 Å². The number of piperazine rings is 1. The molecular formula is C31H39FN4O3. The van der Waals surface area contributed by atoms with Crippen LogP contribution in [-0.2, 0) is 13.1 Å². The Balaban J connectivity index is 1.62. The van der Waals surface area contributed by atoms with Crippen LogP contribution < -0.4 is 16.2 Å². The Kier molecular flexibility index (Phi) is 7.64. The summed E-state index contributed by atoms with van der Waals surface area (Å²) in [7, 11) is 0. The van der Waals surface area contributed by atoms with Crippen LogP contribution in [0.5, 0.6) is 0 Å². The van der Waals surface area contributed by atoms with Gasteiger partial charge in [-0.05, 0) is 78.6 Å². The highest BCUT2D eigenvalue weighted by Gasteiger charge is 2.26. The quantitative estimate of drug-likeness (QED) is 0.409. The molecule has 208 valence electrons. The zero-order chi connectivity index (χ0) is 27.9. The van der Waals surface area contributed by atoms with Crippen LogP contribution in [0.15, 0.2) is 41.3 Å². The Hall–Kier alpha value is -3.07. The molecular weight excluding hydrogens is 495 g/mol. The molecule has 5 rings (SSSR count). The molecule has 2 heterocycles. The Bertz CT molecular complexity index is 1460. The van der Waals surface area contributed by atoms with Gasteiger partial charge in [0, 0.05) is 74.0 Å². The number of halogens is 1. The average molecular weight is 535 g/mol. The van der Waals surface area contributed by atoms with E-state index in [9.17, 15) is 14.7 Å². The van der Waals surface area contributed by atoms with E-state index in [1.807, 2.05) is 38.2 Å². The Morgan fingerprint density at radius 2 is 1.97 bits per heavy atom. The largest absolute Gasteiger partial charge is 0.396 e. The molecule has 1 aliphatic heterocycles. The number of fused-ring (bicyclic) bond motifs is 1. The minimum atomic E-state index is -0.451. The summed E-state index contributed by atoms with van der Waals surface area (Å²) in [6, 6.07) is 9.19. The summed E-state index contributed by atoms with van der Waals surface area (Å²) in [6.45, 7) is 11.5. The molecule has 3 aromatic rings. The molecule has 2 aromatic carbocycles. The van der Waals surface area contributed by atoms with Crippen LogP contribution in [0.4, 0.5) is 4.39 Å². The number of pyridine rings is 1. The lowest BCUT2D eigenvalue weighted by Gasteiger charge is -2.34. The molecule has 39 heavy (non-hydrogen) atoms. The maximum Gasteiger partial charge on any atom is 0.258 e. The lowest BCUT2D eigenvalue weighted by Crippen LogP contribution is -2.49. The normalized spacial score (nSPS) is 18.5. The molecule has 1 aromatic heterocycles. The van der Waals surface area contributed by atoms with Gasteiger partial charge in [0.25, 0.3) is 11.5 Å². The van der Waals surface area contributed by atoms with Gasteiger partial charge in [-0.1, -0.05) is 19.9 Å². The minimum absolute atomic E-state index is 0.0317. The number of nitrogens with one attached hydrogen (secondary N) is 2. The van der Waals surface area contributed by atoms with Gasteiger partial charge in [-0.3, -0.25) is 14.5 Å². The summed E-state index contributed by atoms with van der Waals surface area (Å²) in [6.07, 6.45) is 3.84. The predicted molar refractivity (Wildman–Crippen MR) is 152 cm³/mol. The number of rotatable bonds is 8. The van der Waals surface area contributed by atoms with Crippen molar-refractivity contribution < 1.29 is 14.3 Å². The van der Waals surface area contributed by atoms with E-state index in [2.05, 4.69) is 22.5 Å². The van der Waals surface area contributed by atoms with E-state index < -0.39 is 11.2 Å². The van der Waals surface area contributed by atoms with Crippen molar-refractivity contribution in [3.05, 3.63) is 69.4 Å². The van der Waals surface area contributed by atoms with Crippen molar-refractivity contribution >= 4 is 16.7 Å². The Labute approximate surface area is 229 Å². The van der Waals surface area contributed by atoms with E-state index in [4.69, 9.17) is 0 Å². The van der Waals surface area contributed by atoms with Crippen LogP contribution in [0.3, 0.4) is 0 Å². The first-order valence-electron chi connectivity index (χ1n) is 13.9. The standard InChI is InChI=1S/C31H39FN4O3/c1-19-14-33-9-10-35(19)15-23-16-36(17-31(3,4)18-37)30(39)25-8-5-21(11-27(23)25)26-12-22(13-28(32)20(26)2)29(38)34-24-6-7-24/h5,8,11-13,16,19,24,33,37H,6-7,9-10,14-15,17-18H2,1-4H3,(H,34,38)/t19-/m1/s1. The number of aliphatic hydroxyl groups excluding tert-OH is 1. The molecule has 8 heteroatoms. The summed E-state index contributed by atoms with van der Waals surface area (Å²) >= 11 is 0. The highest BCUT2D eigenvalue weighted by atomic mass is 19.1. The summed E-state index contributed by atoms with van der Waals surface area (Å²) in [5.74, 6) is -0.689. The van der Waals surface area contributed by atoms with Crippen LogP contribution in [0, 0.1) is 18.2 Å². The molecule has 1 aliphatic carbocycles. The minimum Gasteiger partial charge on any atom is -0.396 e. The van der Waals surface area contributed by atoms with Gasteiger partial charge >= 0.3 is 0 Å². The third-order valence-electron chi connectivity index (χ3n) is 8.04. The lowest BCUT2D eigenvalue weighted by molar-refractivity contribution is 0.0950. The molecule has 7 nitrogen and oxygen atoms in total. The van der Waals surface area contributed by atoms with E-state index in [-0.39, 0.29) is 24.1 Å². The van der Waals surface area contributed by atoms with E-state index in [0.29, 0.717) is 41.2 Å². The number of nitrogens with zero attached hydrogens (tertiary/aromatic N) is 2. The second-order valence-corrected chi connectivity index (χ2v) is 12.1. The number of carbonyl (C=O) groups excluding carboxylic acids is 1. The second kappa shape index (κ2) is 10.8. The second-order valence-electron chi connectivity index (χ2n) is 12.1. The molecule has 1 amide bonds. The van der Waals surface area contributed by atoms with E-state index in [1.54, 1.807) is 17.6 Å². The number of aromatic nitrogens is 1. The summed E-state index contributed by atoms with van der Waals surface area (Å²) < 4.78 is 16.7. The maximum atomic E-state index is 15.0. The van der Waals surface area contributed by atoms with Crippen LogP contribution >= 0.6 is 0 Å². The molecule has 1 atom stereocenters. The number of hydrogen-bond donors (Lipinski definition) is 3. The van der Waals surface area contributed by atoms with Gasteiger partial charge < -0.3 is 20.3 Å². The van der Waals surface area contributed by atoms with Crippen molar-refractivity contribution in [2.45, 2.75) is 65.7 Å². The van der Waals surface area contributed by atoms with Crippen molar-refractivity contribution in [1.82, 2.24) is 20.1 Å². The first-order valence-corrected chi connectivity index (χ1v) is 13.9. The fourth-order valence-electron chi connectivity index (χ4n) is 5.33. The zero-order valence-corrected chi connectivity index (χ0v) is 23.3. The van der Waals surface area contributed by atoms with E-state index >= 15 is 4.39 Å². The van der Waals surface area contributed by atoms with Gasteiger partial charge in [-0.25, -0.2) is 4.39 Å². The van der Waals surface area contributed by atoms with Gasteiger partial charge in [0.05, 0.1) is 0 Å². The number of benzene rings is 2. The summed E-state index contributed by atoms with van der Waals surface area (Å²) in [5, 5.41) is 17.6. The fourth-order valence-corrected chi connectivity index (χ4v) is 5.33. The van der Waals surface area contributed by atoms with Gasteiger partial charge in [0.1, 0.15) is 5.82 Å². The number of carbonyl (C=O) groups is 1. The Morgan fingerprint density at radius 3 is 2.67 bits per heavy atom. The van der Waals surface area contributed by atoms with E-state index in [1.165, 1.54) is 6.07 Å². The van der Waals surface area contributed by atoms with Crippen LogP contribution in [0.2, 0.25) is 0 Å². The van der Waals surface area contributed by atoms with Gasteiger partial charge in [-0.2, -0.15) is 0 Å². The summed E-state index contributed by atoms with van der Waals surface area (Å²) in [4.78, 5) is 28.7. The molecule has 2 aliphatic rings. The SMILES string of the molecule is Cc1c(F)cc(C(=O)NC2CC2)cc1-c1ccc2c(=O)n(CC(C)(C)CO)cc(CN3CCNC[C@H]3C)c2c1. The first kappa shape index (κ1) is 27.5. The van der Waals surface area contributed by atoms with Crippen LogP contribution in [0.25, 0.3) is 21.9 Å². The lowest BCUT2D eigenvalue weighted by atomic mass is 9.93. The van der Waals surface area contributed by atoms with Crippen molar-refractivity contribution in [2.75, 3.05) is 26.2 Å². The smallest absolute Gasteiger partial charge is 0.258 e. The predicted octanol–water partition coefficient (Wildman–Crippen LogP) is 3.82. The molecule has 2 fully saturated rings. The van der Waals surface area contributed by atoms with Crippen molar-refractivity contribution in [3.63, 3.8) is 0 Å². The van der Waals surface area contributed by atoms with Crippen LogP contribution in [0.1, 0.15) is 55.1 Å². The monoisotopic (exact) mass is 534 g/mol. The Morgan fingerprint density at radius 1 is 1.21 bits per heavy atom. The van der Waals surface area contributed by atoms with Gasteiger partial charge in [0.15, 0.2) is 0 Å². The molecule has 0 radical (unpaired) electrons. The first-order chi connectivity index (χ1) is 18.6. The third kappa shape index (κ3) is 5.93. The highest BCUT2D eigenvalue weighted by Crippen LogP contribution is 2.31. The molecule has 0 unspecified atom stereocenters. The average Bonchev–Trinajstić information content (AvgIpc) is 3.73. The van der Waals surface area contributed by atoms with Crippen LogP contribution in [-0.4, -0.2) is 58.8 Å². The molecule has 0 bridgehead atoms. The zero-order valence-electron chi connectivity index (χ0n) is 23.3. The number of amides is 1. The molecule has 0 spiro atoms. The maximum absolute atomic E-state index is 15.0. The van der Waals surface area contributed by atoms with Crippen molar-refractivity contribution in [3.8, 4) is 11.1 Å². The van der Waals surface area contributed by atoms with Crippen molar-refractivity contribution in [1.29, 1.82) is 0 Å². The highest BCUT2D eigenvalue weighted by molar-refractivity contribution is 5.97. The number of hydrogen-bond acceptors (Lipinski definition) is 5. The van der Waals surface area contributed by atoms with E-state index in [0.717, 1.165) is 49.0 Å². The van der Waals surface area contributed by atoms with Crippen molar-refractivity contribution in [2.24, 2.45) is 5.41 Å².